The average molecular weight is 433 g/mol. The molecule has 0 atom stereocenters. The lowest BCUT2D eigenvalue weighted by atomic mass is 9.75. The first kappa shape index (κ1) is 24.2. The van der Waals surface area contributed by atoms with E-state index < -0.39 is 0 Å². The van der Waals surface area contributed by atoms with Crippen molar-refractivity contribution in [3.05, 3.63) is 35.5 Å². The Morgan fingerprint density at radius 2 is 1.67 bits per heavy atom. The monoisotopic (exact) mass is 432 g/mol. The van der Waals surface area contributed by atoms with E-state index >= 15 is 0 Å². The number of benzene rings is 1. The summed E-state index contributed by atoms with van der Waals surface area (Å²) < 4.78 is 17.2. The van der Waals surface area contributed by atoms with Crippen molar-refractivity contribution >= 4 is 23.1 Å². The molecule has 6 heteroatoms. The molecule has 1 N–H and O–H groups in total. The molecule has 30 heavy (non-hydrogen) atoms. The van der Waals surface area contributed by atoms with Crippen molar-refractivity contribution in [3.63, 3.8) is 0 Å². The van der Waals surface area contributed by atoms with Crippen LogP contribution in [0.3, 0.4) is 0 Å². The minimum Gasteiger partial charge on any atom is -0.493 e. The summed E-state index contributed by atoms with van der Waals surface area (Å²) in [6.07, 6.45) is 6.84. The molecule has 0 aliphatic heterocycles. The molecule has 0 radical (unpaired) electrons. The van der Waals surface area contributed by atoms with Gasteiger partial charge in [0.05, 0.1) is 24.5 Å². The summed E-state index contributed by atoms with van der Waals surface area (Å²) in [5, 5.41) is 7.62. The maximum absolute atomic E-state index is 5.78. The Bertz CT molecular complexity index is 775. The third-order valence-electron chi connectivity index (χ3n) is 5.72. The van der Waals surface area contributed by atoms with Gasteiger partial charge in [0.25, 0.3) is 0 Å². The summed E-state index contributed by atoms with van der Waals surface area (Å²) in [5.74, 6) is 1.93. The molecule has 0 unspecified atom stereocenters. The van der Waals surface area contributed by atoms with Crippen molar-refractivity contribution in [1.29, 1.82) is 0 Å². The second-order valence-electron chi connectivity index (χ2n) is 7.47. The SMILES string of the molecule is CCCCCC(CC)(CC)c1cc(NC(=S)c2c(OCC)cccc2OCC)on1. The Morgan fingerprint density at radius 1 is 1.03 bits per heavy atom. The van der Waals surface area contributed by atoms with E-state index in [1.165, 1.54) is 19.3 Å². The molecule has 0 saturated heterocycles. The van der Waals surface area contributed by atoms with E-state index in [0.29, 0.717) is 35.6 Å². The molecule has 0 aliphatic rings. The van der Waals surface area contributed by atoms with E-state index in [4.69, 9.17) is 26.2 Å². The highest BCUT2D eigenvalue weighted by atomic mass is 32.1. The highest BCUT2D eigenvalue weighted by molar-refractivity contribution is 7.81. The number of thiocarbonyl (C=S) groups is 1. The van der Waals surface area contributed by atoms with Crippen molar-refractivity contribution in [2.75, 3.05) is 18.5 Å². The van der Waals surface area contributed by atoms with Crippen LogP contribution in [0.1, 0.15) is 84.4 Å². The molecule has 166 valence electrons. The summed E-state index contributed by atoms with van der Waals surface area (Å²) >= 11 is 5.69. The summed E-state index contributed by atoms with van der Waals surface area (Å²) in [4.78, 5) is 0.495. The molecule has 2 aromatic rings. The molecule has 0 spiro atoms. The Kier molecular flexibility index (Phi) is 9.63. The number of unbranched alkanes of at least 4 members (excludes halogenated alkanes) is 2. The van der Waals surface area contributed by atoms with Crippen molar-refractivity contribution in [3.8, 4) is 11.5 Å². The Morgan fingerprint density at radius 3 is 2.20 bits per heavy atom. The van der Waals surface area contributed by atoms with E-state index in [2.05, 4.69) is 31.2 Å². The number of nitrogens with one attached hydrogen (secondary N) is 1. The number of anilines is 1. The van der Waals surface area contributed by atoms with Crippen LogP contribution < -0.4 is 14.8 Å². The van der Waals surface area contributed by atoms with Gasteiger partial charge in [0, 0.05) is 11.5 Å². The van der Waals surface area contributed by atoms with Crippen LogP contribution in [0, 0.1) is 0 Å². The molecule has 0 bridgehead atoms. The highest BCUT2D eigenvalue weighted by Crippen LogP contribution is 2.38. The number of hydrogen-bond acceptors (Lipinski definition) is 5. The maximum atomic E-state index is 5.78. The third kappa shape index (κ3) is 5.75. The Balaban J connectivity index is 2.26. The van der Waals surface area contributed by atoms with Gasteiger partial charge in [-0.15, -0.1) is 0 Å². The predicted octanol–water partition coefficient (Wildman–Crippen LogP) is 6.90. The first-order valence-corrected chi connectivity index (χ1v) is 11.6. The van der Waals surface area contributed by atoms with Crippen molar-refractivity contribution in [2.45, 2.75) is 78.6 Å². The zero-order valence-electron chi connectivity index (χ0n) is 19.0. The number of hydrogen-bond donors (Lipinski definition) is 1. The second kappa shape index (κ2) is 11.9. The van der Waals surface area contributed by atoms with E-state index in [-0.39, 0.29) is 5.41 Å². The lowest BCUT2D eigenvalue weighted by molar-refractivity contribution is 0.316. The van der Waals surface area contributed by atoms with Gasteiger partial charge in [-0.2, -0.15) is 0 Å². The number of ether oxygens (including phenoxy) is 2. The van der Waals surface area contributed by atoms with E-state index in [9.17, 15) is 0 Å². The summed E-state index contributed by atoms with van der Waals surface area (Å²) in [6, 6.07) is 7.69. The quantitative estimate of drug-likeness (QED) is 0.274. The first-order valence-electron chi connectivity index (χ1n) is 11.2. The van der Waals surface area contributed by atoms with E-state index in [0.717, 1.165) is 30.5 Å². The normalized spacial score (nSPS) is 11.4. The highest BCUT2D eigenvalue weighted by Gasteiger charge is 2.31. The smallest absolute Gasteiger partial charge is 0.229 e. The Hall–Kier alpha value is -2.08. The van der Waals surface area contributed by atoms with Crippen LogP contribution in [0.5, 0.6) is 11.5 Å². The molecule has 2 rings (SSSR count). The van der Waals surface area contributed by atoms with E-state index in [1.807, 2.05) is 38.1 Å². The molecule has 0 amide bonds. The topological polar surface area (TPSA) is 56.5 Å². The summed E-state index contributed by atoms with van der Waals surface area (Å²) in [6.45, 7) is 11.7. The molecular weight excluding hydrogens is 396 g/mol. The van der Waals surface area contributed by atoms with Crippen LogP contribution in [0.2, 0.25) is 0 Å². The molecule has 1 aromatic heterocycles. The largest absolute Gasteiger partial charge is 0.493 e. The van der Waals surface area contributed by atoms with Gasteiger partial charge >= 0.3 is 0 Å². The number of rotatable bonds is 13. The van der Waals surface area contributed by atoms with Gasteiger partial charge in [-0.25, -0.2) is 0 Å². The van der Waals surface area contributed by atoms with Gasteiger partial charge in [-0.3, -0.25) is 0 Å². The van der Waals surface area contributed by atoms with Gasteiger partial charge in [0.2, 0.25) is 5.88 Å². The predicted molar refractivity (Wildman–Crippen MR) is 127 cm³/mol. The molecule has 0 fully saturated rings. The zero-order valence-corrected chi connectivity index (χ0v) is 19.9. The fraction of sp³-hybridized carbons (Fsp3) is 0.583. The molecule has 5 nitrogen and oxygen atoms in total. The fourth-order valence-corrected chi connectivity index (χ4v) is 4.15. The zero-order chi connectivity index (χ0) is 22.0. The van der Waals surface area contributed by atoms with Crippen LogP contribution in [0.25, 0.3) is 0 Å². The third-order valence-corrected chi connectivity index (χ3v) is 6.02. The fourth-order valence-electron chi connectivity index (χ4n) is 3.85. The molecule has 1 heterocycles. The average Bonchev–Trinajstić information content (AvgIpc) is 3.21. The van der Waals surface area contributed by atoms with Crippen LogP contribution in [-0.4, -0.2) is 23.4 Å². The molecular formula is C24H36N2O3S. The maximum Gasteiger partial charge on any atom is 0.229 e. The molecule has 1 aromatic carbocycles. The van der Waals surface area contributed by atoms with Crippen LogP contribution >= 0.6 is 12.2 Å². The van der Waals surface area contributed by atoms with Gasteiger partial charge in [-0.05, 0) is 45.2 Å². The van der Waals surface area contributed by atoms with Gasteiger partial charge < -0.3 is 19.3 Å². The minimum absolute atomic E-state index is 0.0416. The standard InChI is InChI=1S/C24H36N2O3S/c1-6-11-12-16-24(7-2,8-3)20-17-21(29-26-20)25-23(30)22-18(27-9-4)14-13-15-19(22)28-10-5/h13-15,17H,6-12,16H2,1-5H3,(H,25,30). The lowest BCUT2D eigenvalue weighted by Crippen LogP contribution is -2.24. The van der Waals surface area contributed by atoms with Crippen molar-refractivity contribution < 1.29 is 14.0 Å². The molecule has 0 saturated carbocycles. The second-order valence-corrected chi connectivity index (χ2v) is 7.88. The summed E-state index contributed by atoms with van der Waals surface area (Å²) in [5.41, 5.74) is 1.77. The Labute approximate surface area is 186 Å². The van der Waals surface area contributed by atoms with E-state index in [1.54, 1.807) is 0 Å². The number of nitrogens with zero attached hydrogens (tertiary/aromatic N) is 1. The minimum atomic E-state index is 0.0416. The first-order chi connectivity index (χ1) is 14.5. The lowest BCUT2D eigenvalue weighted by Gasteiger charge is -2.29. The van der Waals surface area contributed by atoms with Gasteiger partial charge in [-0.1, -0.05) is 63.5 Å². The summed E-state index contributed by atoms with van der Waals surface area (Å²) in [7, 11) is 0. The molecule has 0 aliphatic carbocycles. The van der Waals surface area contributed by atoms with Gasteiger partial charge in [0.1, 0.15) is 16.5 Å². The van der Waals surface area contributed by atoms with Crippen LogP contribution in [-0.2, 0) is 5.41 Å². The van der Waals surface area contributed by atoms with Crippen molar-refractivity contribution in [1.82, 2.24) is 5.16 Å². The van der Waals surface area contributed by atoms with Crippen molar-refractivity contribution in [2.24, 2.45) is 0 Å². The van der Waals surface area contributed by atoms with Gasteiger partial charge in [0.15, 0.2) is 0 Å². The van der Waals surface area contributed by atoms with Crippen LogP contribution in [0.15, 0.2) is 28.8 Å². The number of aromatic nitrogens is 1. The van der Waals surface area contributed by atoms with Crippen LogP contribution in [0.4, 0.5) is 5.88 Å².